The summed E-state index contributed by atoms with van der Waals surface area (Å²) in [5.74, 6) is 0.315. The van der Waals surface area contributed by atoms with Crippen molar-refractivity contribution in [3.8, 4) is 5.75 Å². The minimum atomic E-state index is 0.315. The monoisotopic (exact) mass is 263 g/mol. The summed E-state index contributed by atoms with van der Waals surface area (Å²) in [7, 11) is 0. The van der Waals surface area contributed by atoms with Gasteiger partial charge in [0.25, 0.3) is 0 Å². The van der Waals surface area contributed by atoms with Gasteiger partial charge in [0.1, 0.15) is 5.75 Å². The molecule has 1 aromatic heterocycles. The van der Waals surface area contributed by atoms with Gasteiger partial charge in [-0.15, -0.1) is 0 Å². The first-order valence-electron chi connectivity index (χ1n) is 7.22. The van der Waals surface area contributed by atoms with E-state index in [1.807, 2.05) is 13.0 Å². The second-order valence-corrected chi connectivity index (χ2v) is 5.49. The van der Waals surface area contributed by atoms with Gasteiger partial charge in [-0.3, -0.25) is 14.8 Å². The van der Waals surface area contributed by atoms with Crippen LogP contribution in [0.2, 0.25) is 0 Å². The van der Waals surface area contributed by atoms with Crippen LogP contribution in [0.1, 0.15) is 31.7 Å². The maximum Gasteiger partial charge on any atom is 0.138 e. The summed E-state index contributed by atoms with van der Waals surface area (Å²) in [6.45, 7) is 11.6. The summed E-state index contributed by atoms with van der Waals surface area (Å²) in [5.41, 5.74) is 1.77. The van der Waals surface area contributed by atoms with Crippen molar-refractivity contribution < 1.29 is 5.11 Å². The molecule has 1 aromatic rings. The fourth-order valence-electron chi connectivity index (χ4n) is 2.55. The van der Waals surface area contributed by atoms with Gasteiger partial charge < -0.3 is 5.11 Å². The summed E-state index contributed by atoms with van der Waals surface area (Å²) < 4.78 is 0. The van der Waals surface area contributed by atoms with E-state index in [4.69, 9.17) is 0 Å². The number of pyridine rings is 1. The zero-order valence-corrected chi connectivity index (χ0v) is 12.3. The van der Waals surface area contributed by atoms with Crippen LogP contribution in [0.5, 0.6) is 5.75 Å². The Bertz CT molecular complexity index is 414. The number of aromatic nitrogens is 1. The van der Waals surface area contributed by atoms with Crippen molar-refractivity contribution in [1.82, 2.24) is 14.8 Å². The van der Waals surface area contributed by atoms with Crippen molar-refractivity contribution in [2.24, 2.45) is 0 Å². The van der Waals surface area contributed by atoms with Gasteiger partial charge in [-0.05, 0) is 32.4 Å². The van der Waals surface area contributed by atoms with Gasteiger partial charge >= 0.3 is 0 Å². The molecule has 0 aliphatic carbocycles. The van der Waals surface area contributed by atoms with E-state index in [0.29, 0.717) is 11.8 Å². The molecule has 2 rings (SSSR count). The molecule has 1 N–H and O–H groups in total. The number of hydrogen-bond donors (Lipinski definition) is 1. The maximum absolute atomic E-state index is 9.84. The lowest BCUT2D eigenvalue weighted by atomic mass is 10.2. The van der Waals surface area contributed by atoms with Crippen LogP contribution in [0, 0.1) is 6.92 Å². The number of piperazine rings is 1. The largest absolute Gasteiger partial charge is 0.506 e. The molecule has 1 fully saturated rings. The molecular formula is C15H25N3O. The quantitative estimate of drug-likeness (QED) is 0.902. The zero-order valence-electron chi connectivity index (χ0n) is 12.3. The van der Waals surface area contributed by atoms with E-state index in [1.165, 1.54) is 6.42 Å². The number of rotatable bonds is 4. The lowest BCUT2D eigenvalue weighted by Crippen LogP contribution is -2.49. The average Bonchev–Trinajstić information content (AvgIpc) is 2.43. The fraction of sp³-hybridized carbons (Fsp3) is 0.667. The van der Waals surface area contributed by atoms with E-state index in [1.54, 1.807) is 6.07 Å². The van der Waals surface area contributed by atoms with Crippen molar-refractivity contribution in [3.05, 3.63) is 23.5 Å². The molecule has 1 saturated heterocycles. The highest BCUT2D eigenvalue weighted by Crippen LogP contribution is 2.18. The van der Waals surface area contributed by atoms with Gasteiger partial charge in [-0.25, -0.2) is 0 Å². The smallest absolute Gasteiger partial charge is 0.138 e. The van der Waals surface area contributed by atoms with E-state index in [0.717, 1.165) is 44.1 Å². The van der Waals surface area contributed by atoms with E-state index < -0.39 is 0 Å². The van der Waals surface area contributed by atoms with E-state index >= 15 is 0 Å². The first-order chi connectivity index (χ1) is 9.10. The van der Waals surface area contributed by atoms with E-state index in [9.17, 15) is 5.11 Å². The Labute approximate surface area is 116 Å². The van der Waals surface area contributed by atoms with Crippen LogP contribution in [0.25, 0.3) is 0 Å². The molecule has 1 aliphatic heterocycles. The lowest BCUT2D eigenvalue weighted by molar-refractivity contribution is 0.0950. The summed E-state index contributed by atoms with van der Waals surface area (Å²) >= 11 is 0. The summed E-state index contributed by atoms with van der Waals surface area (Å²) in [6.07, 6.45) is 1.21. The molecule has 4 heteroatoms. The average molecular weight is 263 g/mol. The highest BCUT2D eigenvalue weighted by atomic mass is 16.3. The molecule has 0 spiro atoms. The van der Waals surface area contributed by atoms with Crippen molar-refractivity contribution in [2.45, 2.75) is 39.8 Å². The van der Waals surface area contributed by atoms with Crippen LogP contribution in [-0.2, 0) is 6.54 Å². The van der Waals surface area contributed by atoms with Crippen LogP contribution in [-0.4, -0.2) is 52.1 Å². The Morgan fingerprint density at radius 2 is 1.95 bits per heavy atom. The van der Waals surface area contributed by atoms with Gasteiger partial charge in [0.05, 0.1) is 5.69 Å². The van der Waals surface area contributed by atoms with Crippen molar-refractivity contribution >= 4 is 0 Å². The number of hydrogen-bond acceptors (Lipinski definition) is 4. The minimum Gasteiger partial charge on any atom is -0.506 e. The SMILES string of the molecule is CCC(C)N1CCN(Cc2nc(C)ccc2O)CC1. The second-order valence-electron chi connectivity index (χ2n) is 5.49. The third kappa shape index (κ3) is 3.67. The van der Waals surface area contributed by atoms with Gasteiger partial charge in [-0.1, -0.05) is 6.92 Å². The van der Waals surface area contributed by atoms with E-state index in [-0.39, 0.29) is 0 Å². The minimum absolute atomic E-state index is 0.315. The Hall–Kier alpha value is -1.13. The van der Waals surface area contributed by atoms with Crippen LogP contribution < -0.4 is 0 Å². The molecular weight excluding hydrogens is 238 g/mol. The standard InChI is InChI=1S/C15H25N3O/c1-4-13(3)18-9-7-17(8-10-18)11-14-15(19)6-5-12(2)16-14/h5-6,13,19H,4,7-11H2,1-3H3. The predicted molar refractivity (Wildman–Crippen MR) is 77.2 cm³/mol. The van der Waals surface area contributed by atoms with Gasteiger partial charge in [0.15, 0.2) is 0 Å². The molecule has 4 nitrogen and oxygen atoms in total. The molecule has 19 heavy (non-hydrogen) atoms. The maximum atomic E-state index is 9.84. The first kappa shape index (κ1) is 14.3. The Morgan fingerprint density at radius 3 is 2.58 bits per heavy atom. The number of aryl methyl sites for hydroxylation is 1. The predicted octanol–water partition coefficient (Wildman–Crippen LogP) is 2.01. The van der Waals surface area contributed by atoms with Gasteiger partial charge in [0.2, 0.25) is 0 Å². The van der Waals surface area contributed by atoms with Crippen molar-refractivity contribution in [1.29, 1.82) is 0 Å². The van der Waals surface area contributed by atoms with Crippen LogP contribution >= 0.6 is 0 Å². The van der Waals surface area contributed by atoms with Crippen molar-refractivity contribution in [2.75, 3.05) is 26.2 Å². The number of nitrogens with zero attached hydrogens (tertiary/aromatic N) is 3. The molecule has 1 aliphatic rings. The summed E-state index contributed by atoms with van der Waals surface area (Å²) in [5, 5.41) is 9.84. The summed E-state index contributed by atoms with van der Waals surface area (Å²) in [4.78, 5) is 9.35. The lowest BCUT2D eigenvalue weighted by Gasteiger charge is -2.37. The summed E-state index contributed by atoms with van der Waals surface area (Å²) in [6, 6.07) is 4.26. The molecule has 106 valence electrons. The molecule has 0 amide bonds. The molecule has 0 saturated carbocycles. The van der Waals surface area contributed by atoms with Crippen LogP contribution in [0.3, 0.4) is 0 Å². The highest BCUT2D eigenvalue weighted by Gasteiger charge is 2.21. The second kappa shape index (κ2) is 6.35. The van der Waals surface area contributed by atoms with Crippen molar-refractivity contribution in [3.63, 3.8) is 0 Å². The number of aromatic hydroxyl groups is 1. The molecule has 0 radical (unpaired) electrons. The van der Waals surface area contributed by atoms with Crippen LogP contribution in [0.4, 0.5) is 0 Å². The molecule has 1 atom stereocenters. The zero-order chi connectivity index (χ0) is 13.8. The normalized spacial score (nSPS) is 19.5. The first-order valence-corrected chi connectivity index (χ1v) is 7.22. The highest BCUT2D eigenvalue weighted by molar-refractivity contribution is 5.27. The fourth-order valence-corrected chi connectivity index (χ4v) is 2.55. The molecule has 2 heterocycles. The molecule has 0 aromatic carbocycles. The van der Waals surface area contributed by atoms with E-state index in [2.05, 4.69) is 28.6 Å². The molecule has 1 unspecified atom stereocenters. The van der Waals surface area contributed by atoms with Gasteiger partial charge in [-0.2, -0.15) is 0 Å². The van der Waals surface area contributed by atoms with Gasteiger partial charge in [0, 0.05) is 44.5 Å². The third-order valence-electron chi connectivity index (χ3n) is 4.08. The Kier molecular flexibility index (Phi) is 4.77. The topological polar surface area (TPSA) is 39.6 Å². The van der Waals surface area contributed by atoms with Crippen LogP contribution in [0.15, 0.2) is 12.1 Å². The Balaban J connectivity index is 1.90. The Morgan fingerprint density at radius 1 is 1.26 bits per heavy atom. The molecule has 0 bridgehead atoms. The third-order valence-corrected chi connectivity index (χ3v) is 4.08.